The van der Waals surface area contributed by atoms with Crippen LogP contribution in [0.1, 0.15) is 18.4 Å². The monoisotopic (exact) mass is 273 g/mol. The second kappa shape index (κ2) is 6.57. The van der Waals surface area contributed by atoms with Gasteiger partial charge >= 0.3 is 0 Å². The number of nitrogens with zero attached hydrogens (tertiary/aromatic N) is 2. The molecule has 1 N–H and O–H groups in total. The number of carbonyl (C=O) groups excluding carboxylic acids is 1. The maximum absolute atomic E-state index is 11.6. The van der Waals surface area contributed by atoms with Crippen LogP contribution in [0.2, 0.25) is 0 Å². The number of hydrogen-bond donors (Lipinski definition) is 1. The summed E-state index contributed by atoms with van der Waals surface area (Å²) in [6.45, 7) is 1.74. The fourth-order valence-electron chi connectivity index (χ4n) is 2.46. The number of aryl methyl sites for hydroxylation is 1. The first-order chi connectivity index (χ1) is 9.63. The van der Waals surface area contributed by atoms with Crippen LogP contribution in [0.4, 0.5) is 0 Å². The Morgan fingerprint density at radius 1 is 1.30 bits per heavy atom. The van der Waals surface area contributed by atoms with Gasteiger partial charge in [0, 0.05) is 50.7 Å². The van der Waals surface area contributed by atoms with Gasteiger partial charge in [0.15, 0.2) is 0 Å². The highest BCUT2D eigenvalue weighted by Gasteiger charge is 2.08. The molecule has 0 fully saturated rings. The molecule has 0 radical (unpaired) electrons. The van der Waals surface area contributed by atoms with Crippen molar-refractivity contribution in [3.8, 4) is 0 Å². The molecule has 4 nitrogen and oxygen atoms in total. The average molecular weight is 273 g/mol. The highest BCUT2D eigenvalue weighted by Crippen LogP contribution is 2.21. The third-order valence-electron chi connectivity index (χ3n) is 3.53. The molecule has 0 aliphatic rings. The number of rotatable bonds is 6. The molecule has 20 heavy (non-hydrogen) atoms. The van der Waals surface area contributed by atoms with Crippen LogP contribution in [-0.4, -0.2) is 36.5 Å². The van der Waals surface area contributed by atoms with Crippen molar-refractivity contribution in [3.05, 3.63) is 36.0 Å². The molecule has 1 heterocycles. The lowest BCUT2D eigenvalue weighted by Gasteiger charge is -2.10. The molecule has 4 heteroatoms. The lowest BCUT2D eigenvalue weighted by molar-refractivity contribution is -0.128. The van der Waals surface area contributed by atoms with Crippen LogP contribution in [0, 0.1) is 0 Å². The number of hydrogen-bond acceptors (Lipinski definition) is 2. The van der Waals surface area contributed by atoms with Gasteiger partial charge in [-0.25, -0.2) is 0 Å². The third kappa shape index (κ3) is 3.20. The summed E-state index contributed by atoms with van der Waals surface area (Å²) >= 11 is 0. The number of amides is 1. The van der Waals surface area contributed by atoms with E-state index in [1.165, 1.54) is 16.5 Å². The molecule has 2 rings (SSSR count). The quantitative estimate of drug-likeness (QED) is 0.876. The van der Waals surface area contributed by atoms with E-state index >= 15 is 0 Å². The van der Waals surface area contributed by atoms with Crippen molar-refractivity contribution in [2.24, 2.45) is 0 Å². The Hall–Kier alpha value is -1.81. The molecule has 0 spiro atoms. The van der Waals surface area contributed by atoms with Crippen molar-refractivity contribution in [2.75, 3.05) is 21.1 Å². The van der Waals surface area contributed by atoms with Crippen molar-refractivity contribution in [3.63, 3.8) is 0 Å². The summed E-state index contributed by atoms with van der Waals surface area (Å²) in [4.78, 5) is 13.3. The zero-order valence-electron chi connectivity index (χ0n) is 12.5. The van der Waals surface area contributed by atoms with Crippen LogP contribution in [0.25, 0.3) is 10.9 Å². The van der Waals surface area contributed by atoms with Crippen LogP contribution < -0.4 is 5.32 Å². The van der Waals surface area contributed by atoms with Gasteiger partial charge in [-0.1, -0.05) is 18.2 Å². The summed E-state index contributed by atoms with van der Waals surface area (Å²) in [5.74, 6) is 0.192. The van der Waals surface area contributed by atoms with Crippen molar-refractivity contribution in [2.45, 2.75) is 25.9 Å². The van der Waals surface area contributed by atoms with E-state index in [4.69, 9.17) is 0 Å². The van der Waals surface area contributed by atoms with E-state index in [2.05, 4.69) is 40.3 Å². The number of para-hydroxylation sites is 1. The van der Waals surface area contributed by atoms with E-state index in [0.717, 1.165) is 19.5 Å². The average Bonchev–Trinajstić information content (AvgIpc) is 2.78. The van der Waals surface area contributed by atoms with E-state index in [9.17, 15) is 4.79 Å². The van der Waals surface area contributed by atoms with Crippen molar-refractivity contribution >= 4 is 16.8 Å². The first-order valence-corrected chi connectivity index (χ1v) is 7.05. The molecule has 1 aromatic heterocycles. The minimum atomic E-state index is 0.192. The van der Waals surface area contributed by atoms with E-state index in [0.29, 0.717) is 6.42 Å². The molecule has 0 unspecified atom stereocenters. The van der Waals surface area contributed by atoms with E-state index in [-0.39, 0.29) is 5.91 Å². The maximum atomic E-state index is 11.6. The Balaban J connectivity index is 2.12. The molecule has 0 aliphatic heterocycles. The molecule has 1 aromatic carbocycles. The minimum Gasteiger partial charge on any atom is -0.349 e. The highest BCUT2D eigenvalue weighted by atomic mass is 16.2. The van der Waals surface area contributed by atoms with Gasteiger partial charge < -0.3 is 14.8 Å². The molecule has 1 amide bonds. The van der Waals surface area contributed by atoms with Gasteiger partial charge in [-0.05, 0) is 25.1 Å². The summed E-state index contributed by atoms with van der Waals surface area (Å²) in [6.07, 6.45) is 3.66. The van der Waals surface area contributed by atoms with Crippen molar-refractivity contribution in [1.29, 1.82) is 0 Å². The Labute approximate surface area is 120 Å². The van der Waals surface area contributed by atoms with Gasteiger partial charge in [-0.2, -0.15) is 0 Å². The standard InChI is InChI=1S/C16H23N3O/c1-17-11-13-12-19(10-6-9-16(20)18(2)3)15-8-5-4-7-14(13)15/h4-5,7-8,12,17H,6,9-11H2,1-3H3. The zero-order chi connectivity index (χ0) is 14.5. The Morgan fingerprint density at radius 2 is 2.05 bits per heavy atom. The summed E-state index contributed by atoms with van der Waals surface area (Å²) in [6, 6.07) is 8.43. The first kappa shape index (κ1) is 14.6. The molecule has 0 aliphatic carbocycles. The predicted octanol–water partition coefficient (Wildman–Crippen LogP) is 2.23. The highest BCUT2D eigenvalue weighted by molar-refractivity contribution is 5.84. The van der Waals surface area contributed by atoms with Crippen LogP contribution in [0.15, 0.2) is 30.5 Å². The van der Waals surface area contributed by atoms with Gasteiger partial charge in [-0.3, -0.25) is 4.79 Å². The van der Waals surface area contributed by atoms with Crippen LogP contribution in [0.5, 0.6) is 0 Å². The fourth-order valence-corrected chi connectivity index (χ4v) is 2.46. The number of benzene rings is 1. The molecule has 0 saturated heterocycles. The van der Waals surface area contributed by atoms with Gasteiger partial charge in [0.05, 0.1) is 0 Å². The summed E-state index contributed by atoms with van der Waals surface area (Å²) in [5.41, 5.74) is 2.55. The lowest BCUT2D eigenvalue weighted by atomic mass is 10.2. The lowest BCUT2D eigenvalue weighted by Crippen LogP contribution is -2.21. The smallest absolute Gasteiger partial charge is 0.222 e. The Bertz CT molecular complexity index is 586. The number of carbonyl (C=O) groups is 1. The minimum absolute atomic E-state index is 0.192. The van der Waals surface area contributed by atoms with Gasteiger partial charge in [0.25, 0.3) is 0 Å². The van der Waals surface area contributed by atoms with Gasteiger partial charge in [0.2, 0.25) is 5.91 Å². The molecular weight excluding hydrogens is 250 g/mol. The van der Waals surface area contributed by atoms with Crippen molar-refractivity contribution in [1.82, 2.24) is 14.8 Å². The third-order valence-corrected chi connectivity index (χ3v) is 3.53. The molecule has 0 saturated carbocycles. The maximum Gasteiger partial charge on any atom is 0.222 e. The van der Waals surface area contributed by atoms with Crippen LogP contribution in [0.3, 0.4) is 0 Å². The summed E-state index contributed by atoms with van der Waals surface area (Å²) in [7, 11) is 5.57. The van der Waals surface area contributed by atoms with Crippen LogP contribution in [-0.2, 0) is 17.9 Å². The number of aromatic nitrogens is 1. The number of nitrogens with one attached hydrogen (secondary N) is 1. The first-order valence-electron chi connectivity index (χ1n) is 7.05. The van der Waals surface area contributed by atoms with Gasteiger partial charge in [0.1, 0.15) is 0 Å². The molecular formula is C16H23N3O. The molecule has 0 bridgehead atoms. The Morgan fingerprint density at radius 3 is 2.75 bits per heavy atom. The van der Waals surface area contributed by atoms with E-state index < -0.39 is 0 Å². The van der Waals surface area contributed by atoms with E-state index in [1.807, 2.05) is 7.05 Å². The topological polar surface area (TPSA) is 37.3 Å². The van der Waals surface area contributed by atoms with Crippen LogP contribution >= 0.6 is 0 Å². The van der Waals surface area contributed by atoms with E-state index in [1.54, 1.807) is 19.0 Å². The zero-order valence-corrected chi connectivity index (χ0v) is 12.5. The largest absolute Gasteiger partial charge is 0.349 e. The molecule has 108 valence electrons. The van der Waals surface area contributed by atoms with Gasteiger partial charge in [-0.15, -0.1) is 0 Å². The second-order valence-electron chi connectivity index (χ2n) is 5.29. The second-order valence-corrected chi connectivity index (χ2v) is 5.29. The normalized spacial score (nSPS) is 10.9. The number of fused-ring (bicyclic) bond motifs is 1. The Kier molecular flexibility index (Phi) is 4.79. The SMILES string of the molecule is CNCc1cn(CCCC(=O)N(C)C)c2ccccc12. The fraction of sp³-hybridized carbons (Fsp3) is 0.438. The predicted molar refractivity (Wildman–Crippen MR) is 82.6 cm³/mol. The van der Waals surface area contributed by atoms with Crippen molar-refractivity contribution < 1.29 is 4.79 Å². The molecule has 2 aromatic rings. The summed E-state index contributed by atoms with van der Waals surface area (Å²) < 4.78 is 2.25. The molecule has 0 atom stereocenters. The summed E-state index contributed by atoms with van der Waals surface area (Å²) in [5, 5.41) is 4.50.